The minimum Gasteiger partial charge on any atom is -0.423 e. The molecule has 4 aromatic rings. The van der Waals surface area contributed by atoms with Crippen LogP contribution in [0.4, 0.5) is 17.5 Å². The maximum absolute atomic E-state index is 11.5. The maximum atomic E-state index is 11.5. The van der Waals surface area contributed by atoms with Crippen LogP contribution in [0.3, 0.4) is 0 Å². The number of aryl methyl sites for hydroxylation is 1. The topological polar surface area (TPSA) is 152 Å². The van der Waals surface area contributed by atoms with Gasteiger partial charge in [-0.05, 0) is 36.2 Å². The number of benzene rings is 2. The van der Waals surface area contributed by atoms with Crippen LogP contribution in [-0.4, -0.2) is 37.8 Å². The fourth-order valence-electron chi connectivity index (χ4n) is 3.23. The Hall–Kier alpha value is -4.31. The number of amides is 1. The second-order valence-electron chi connectivity index (χ2n) is 7.01. The molecule has 0 bridgehead atoms. The second-order valence-corrected chi connectivity index (χ2v) is 7.01. The molecule has 0 saturated carbocycles. The van der Waals surface area contributed by atoms with Crippen LogP contribution in [-0.2, 0) is 0 Å². The molecule has 1 atom stereocenters. The summed E-state index contributed by atoms with van der Waals surface area (Å²) in [7, 11) is 0. The molecule has 0 fully saturated rings. The highest BCUT2D eigenvalue weighted by Gasteiger charge is 2.18. The van der Waals surface area contributed by atoms with E-state index in [9.17, 15) is 9.90 Å². The van der Waals surface area contributed by atoms with Crippen molar-refractivity contribution in [1.82, 2.24) is 20.2 Å². The molecule has 10 nitrogen and oxygen atoms in total. The zero-order chi connectivity index (χ0) is 22.5. The highest BCUT2D eigenvalue weighted by Crippen LogP contribution is 2.29. The SMILES string of the molecule is Cc1cc(Nc2ncc(-c3nnco3)c(N[C@H](CO)c3ccccc3)n2)ccc1C(N)=O. The number of nitrogens with two attached hydrogens (primary N) is 1. The number of primary amides is 1. The number of carbonyl (C=O) groups is 1. The van der Waals surface area contributed by atoms with Crippen molar-refractivity contribution < 1.29 is 14.3 Å². The molecule has 0 aliphatic carbocycles. The Balaban J connectivity index is 1.67. The molecule has 0 radical (unpaired) electrons. The van der Waals surface area contributed by atoms with Crippen LogP contribution in [0.15, 0.2) is 65.5 Å². The van der Waals surface area contributed by atoms with E-state index in [4.69, 9.17) is 10.2 Å². The first-order chi connectivity index (χ1) is 15.5. The lowest BCUT2D eigenvalue weighted by Gasteiger charge is -2.19. The lowest BCUT2D eigenvalue weighted by molar-refractivity contribution is 0.0999. The highest BCUT2D eigenvalue weighted by molar-refractivity contribution is 5.94. The second kappa shape index (κ2) is 9.23. The van der Waals surface area contributed by atoms with Crippen molar-refractivity contribution in [2.45, 2.75) is 13.0 Å². The molecule has 0 aliphatic heterocycles. The molecule has 10 heteroatoms. The first-order valence-electron chi connectivity index (χ1n) is 9.78. The van der Waals surface area contributed by atoms with E-state index in [0.717, 1.165) is 11.1 Å². The van der Waals surface area contributed by atoms with E-state index in [1.54, 1.807) is 31.3 Å². The van der Waals surface area contributed by atoms with Gasteiger partial charge in [0.1, 0.15) is 5.82 Å². The van der Waals surface area contributed by atoms with Crippen molar-refractivity contribution in [1.29, 1.82) is 0 Å². The van der Waals surface area contributed by atoms with E-state index in [0.29, 0.717) is 28.6 Å². The zero-order valence-electron chi connectivity index (χ0n) is 17.2. The Morgan fingerprint density at radius 2 is 2.03 bits per heavy atom. The summed E-state index contributed by atoms with van der Waals surface area (Å²) in [6.45, 7) is 1.64. The van der Waals surface area contributed by atoms with Crippen molar-refractivity contribution in [2.75, 3.05) is 17.2 Å². The number of anilines is 3. The molecular formula is C22H21N7O3. The molecule has 32 heavy (non-hydrogen) atoms. The Labute approximate surface area is 183 Å². The largest absolute Gasteiger partial charge is 0.423 e. The predicted molar refractivity (Wildman–Crippen MR) is 118 cm³/mol. The number of aliphatic hydroxyl groups is 1. The van der Waals surface area contributed by atoms with Crippen LogP contribution in [0.5, 0.6) is 0 Å². The summed E-state index contributed by atoms with van der Waals surface area (Å²) in [5.74, 6) is 0.453. The fraction of sp³-hybridized carbons (Fsp3) is 0.136. The molecule has 4 rings (SSSR count). The molecule has 2 heterocycles. The maximum Gasteiger partial charge on any atom is 0.252 e. The third-order valence-electron chi connectivity index (χ3n) is 4.82. The summed E-state index contributed by atoms with van der Waals surface area (Å²) in [4.78, 5) is 20.4. The average Bonchev–Trinajstić information content (AvgIpc) is 3.33. The molecular weight excluding hydrogens is 410 g/mol. The van der Waals surface area contributed by atoms with E-state index in [2.05, 4.69) is 30.8 Å². The summed E-state index contributed by atoms with van der Waals surface area (Å²) in [5.41, 5.74) is 8.61. The van der Waals surface area contributed by atoms with Gasteiger partial charge in [-0.2, -0.15) is 4.98 Å². The van der Waals surface area contributed by atoms with Gasteiger partial charge in [0.25, 0.3) is 5.89 Å². The molecule has 162 valence electrons. The third kappa shape index (κ3) is 4.55. The van der Waals surface area contributed by atoms with E-state index in [-0.39, 0.29) is 12.5 Å². The summed E-state index contributed by atoms with van der Waals surface area (Å²) < 4.78 is 5.32. The number of rotatable bonds is 8. The van der Waals surface area contributed by atoms with E-state index in [1.165, 1.54) is 6.39 Å². The van der Waals surface area contributed by atoms with Crippen molar-refractivity contribution in [3.63, 3.8) is 0 Å². The zero-order valence-corrected chi connectivity index (χ0v) is 17.2. The minimum atomic E-state index is -0.489. The number of carbonyl (C=O) groups excluding carboxylic acids is 1. The molecule has 0 spiro atoms. The Kier molecular flexibility index (Phi) is 6.04. The van der Waals surface area contributed by atoms with Crippen LogP contribution < -0.4 is 16.4 Å². The predicted octanol–water partition coefficient (Wildman–Crippen LogP) is 2.82. The van der Waals surface area contributed by atoms with Crippen LogP contribution in [0.2, 0.25) is 0 Å². The quantitative estimate of drug-likeness (QED) is 0.330. The monoisotopic (exact) mass is 431 g/mol. The number of nitrogens with zero attached hydrogens (tertiary/aromatic N) is 4. The van der Waals surface area contributed by atoms with E-state index in [1.807, 2.05) is 30.3 Å². The van der Waals surface area contributed by atoms with Gasteiger partial charge in [0.15, 0.2) is 0 Å². The molecule has 0 aliphatic rings. The minimum absolute atomic E-state index is 0.159. The van der Waals surface area contributed by atoms with Gasteiger partial charge < -0.3 is 25.9 Å². The Morgan fingerprint density at radius 3 is 2.69 bits per heavy atom. The molecule has 2 aromatic carbocycles. The standard InChI is InChI=1S/C22H21N7O3/c1-13-9-15(7-8-16(13)19(23)31)26-22-24-10-17(21-29-25-12-32-21)20(28-22)27-18(11-30)14-5-3-2-4-6-14/h2-10,12,18,30H,11H2,1H3,(H2,23,31)(H2,24,26,27,28)/t18-/m1/s1. The number of hydrogen-bond acceptors (Lipinski definition) is 9. The fourth-order valence-corrected chi connectivity index (χ4v) is 3.23. The Morgan fingerprint density at radius 1 is 1.22 bits per heavy atom. The van der Waals surface area contributed by atoms with Gasteiger partial charge in [0, 0.05) is 17.4 Å². The molecule has 0 saturated heterocycles. The first kappa shape index (κ1) is 20.9. The molecule has 5 N–H and O–H groups in total. The molecule has 1 amide bonds. The van der Waals surface area contributed by atoms with Crippen LogP contribution in [0, 0.1) is 6.92 Å². The van der Waals surface area contributed by atoms with Gasteiger partial charge in [0.2, 0.25) is 18.2 Å². The normalized spacial score (nSPS) is 11.7. The number of aromatic nitrogens is 4. The van der Waals surface area contributed by atoms with Crippen molar-refractivity contribution >= 4 is 23.4 Å². The third-order valence-corrected chi connectivity index (χ3v) is 4.82. The number of hydrogen-bond donors (Lipinski definition) is 4. The lowest BCUT2D eigenvalue weighted by Crippen LogP contribution is -2.17. The van der Waals surface area contributed by atoms with Crippen LogP contribution in [0.25, 0.3) is 11.5 Å². The van der Waals surface area contributed by atoms with Gasteiger partial charge in [-0.1, -0.05) is 30.3 Å². The average molecular weight is 431 g/mol. The van der Waals surface area contributed by atoms with Gasteiger partial charge >= 0.3 is 0 Å². The van der Waals surface area contributed by atoms with E-state index >= 15 is 0 Å². The van der Waals surface area contributed by atoms with Crippen LogP contribution >= 0.6 is 0 Å². The summed E-state index contributed by atoms with van der Waals surface area (Å²) in [6, 6.07) is 14.2. The van der Waals surface area contributed by atoms with Crippen molar-refractivity contribution in [3.05, 3.63) is 77.8 Å². The molecule has 0 unspecified atom stereocenters. The molecule has 2 aromatic heterocycles. The van der Waals surface area contributed by atoms with Crippen LogP contribution in [0.1, 0.15) is 27.5 Å². The van der Waals surface area contributed by atoms with Gasteiger partial charge in [-0.15, -0.1) is 10.2 Å². The van der Waals surface area contributed by atoms with Crippen molar-refractivity contribution in [2.24, 2.45) is 5.73 Å². The van der Waals surface area contributed by atoms with Gasteiger partial charge in [0.05, 0.1) is 18.2 Å². The van der Waals surface area contributed by atoms with E-state index < -0.39 is 11.9 Å². The van der Waals surface area contributed by atoms with Gasteiger partial charge in [-0.3, -0.25) is 4.79 Å². The smallest absolute Gasteiger partial charge is 0.252 e. The first-order valence-corrected chi connectivity index (χ1v) is 9.78. The Bertz CT molecular complexity index is 1210. The summed E-state index contributed by atoms with van der Waals surface area (Å²) >= 11 is 0. The highest BCUT2D eigenvalue weighted by atomic mass is 16.4. The summed E-state index contributed by atoms with van der Waals surface area (Å²) in [6.07, 6.45) is 2.77. The number of nitrogens with one attached hydrogen (secondary N) is 2. The summed E-state index contributed by atoms with van der Waals surface area (Å²) in [5, 5.41) is 24.0. The lowest BCUT2D eigenvalue weighted by atomic mass is 10.1. The van der Waals surface area contributed by atoms with Crippen molar-refractivity contribution in [3.8, 4) is 11.5 Å². The number of aliphatic hydroxyl groups excluding tert-OH is 1. The van der Waals surface area contributed by atoms with Gasteiger partial charge in [-0.25, -0.2) is 4.98 Å².